The fourth-order valence-electron chi connectivity index (χ4n) is 3.01. The number of hydrogen-bond acceptors (Lipinski definition) is 4. The van der Waals surface area contributed by atoms with E-state index in [1.165, 1.54) is 17.7 Å². The van der Waals surface area contributed by atoms with E-state index in [1.54, 1.807) is 36.5 Å². The third-order valence-corrected chi connectivity index (χ3v) is 4.75. The van der Waals surface area contributed by atoms with Gasteiger partial charge in [0.25, 0.3) is 5.91 Å². The van der Waals surface area contributed by atoms with Gasteiger partial charge in [0.1, 0.15) is 11.6 Å². The molecule has 1 aromatic heterocycles. The normalized spacial score (nSPS) is 10.5. The first-order valence-corrected chi connectivity index (χ1v) is 9.87. The maximum atomic E-state index is 13.1. The van der Waals surface area contributed by atoms with Crippen molar-refractivity contribution in [3.05, 3.63) is 108 Å². The van der Waals surface area contributed by atoms with Gasteiger partial charge in [0, 0.05) is 29.6 Å². The van der Waals surface area contributed by atoms with Gasteiger partial charge in [0.15, 0.2) is 5.82 Å². The van der Waals surface area contributed by atoms with E-state index in [2.05, 4.69) is 20.6 Å². The summed E-state index contributed by atoms with van der Waals surface area (Å²) in [5.41, 5.74) is 4.33. The second-order valence-corrected chi connectivity index (χ2v) is 7.14. The molecule has 0 aliphatic heterocycles. The van der Waals surface area contributed by atoms with Gasteiger partial charge in [0.05, 0.1) is 0 Å². The lowest BCUT2D eigenvalue weighted by Gasteiger charge is -2.09. The Bertz CT molecular complexity index is 1170. The number of nitrogens with one attached hydrogen (secondary N) is 2. The average molecular weight is 412 g/mol. The van der Waals surface area contributed by atoms with Gasteiger partial charge < -0.3 is 10.6 Å². The Balaban J connectivity index is 1.39. The molecular weight excluding hydrogens is 391 g/mol. The Morgan fingerprint density at radius 3 is 2.32 bits per heavy atom. The number of amides is 1. The van der Waals surface area contributed by atoms with Gasteiger partial charge >= 0.3 is 0 Å². The van der Waals surface area contributed by atoms with Gasteiger partial charge in [-0.15, -0.1) is 0 Å². The van der Waals surface area contributed by atoms with Crippen molar-refractivity contribution in [1.29, 1.82) is 0 Å². The number of carbonyl (C=O) groups excluding carboxylic acids is 1. The number of hydrogen-bond donors (Lipinski definition) is 2. The Hall–Kier alpha value is -4.06. The van der Waals surface area contributed by atoms with Crippen LogP contribution in [0.15, 0.2) is 85.1 Å². The third-order valence-electron chi connectivity index (χ3n) is 4.75. The van der Waals surface area contributed by atoms with E-state index < -0.39 is 0 Å². The van der Waals surface area contributed by atoms with Crippen molar-refractivity contribution in [1.82, 2.24) is 15.3 Å². The largest absolute Gasteiger partial charge is 0.348 e. The van der Waals surface area contributed by atoms with Crippen molar-refractivity contribution < 1.29 is 9.18 Å². The van der Waals surface area contributed by atoms with Crippen LogP contribution in [-0.4, -0.2) is 15.9 Å². The van der Waals surface area contributed by atoms with Gasteiger partial charge in [-0.2, -0.15) is 0 Å². The highest BCUT2D eigenvalue weighted by Crippen LogP contribution is 2.20. The van der Waals surface area contributed by atoms with Gasteiger partial charge in [-0.05, 0) is 67.1 Å². The van der Waals surface area contributed by atoms with Gasteiger partial charge in [-0.25, -0.2) is 14.4 Å². The summed E-state index contributed by atoms with van der Waals surface area (Å²) in [5, 5.41) is 6.12. The number of nitrogens with zero attached hydrogens (tertiary/aromatic N) is 2. The first-order chi connectivity index (χ1) is 15.1. The molecule has 2 N–H and O–H groups in total. The fraction of sp³-hybridized carbons (Fsp3) is 0.0800. The maximum Gasteiger partial charge on any atom is 0.251 e. The summed E-state index contributed by atoms with van der Waals surface area (Å²) in [4.78, 5) is 21.1. The van der Waals surface area contributed by atoms with Crippen LogP contribution < -0.4 is 10.6 Å². The second-order valence-electron chi connectivity index (χ2n) is 7.14. The van der Waals surface area contributed by atoms with Crippen LogP contribution in [0, 0.1) is 12.7 Å². The first kappa shape index (κ1) is 20.2. The summed E-state index contributed by atoms with van der Waals surface area (Å²) in [7, 11) is 0. The number of aromatic nitrogens is 2. The van der Waals surface area contributed by atoms with Crippen molar-refractivity contribution in [3.8, 4) is 11.4 Å². The second kappa shape index (κ2) is 9.17. The minimum Gasteiger partial charge on any atom is -0.348 e. The molecule has 4 aromatic rings. The Morgan fingerprint density at radius 2 is 1.61 bits per heavy atom. The highest BCUT2D eigenvalue weighted by Gasteiger charge is 2.07. The molecule has 1 amide bonds. The molecule has 1 heterocycles. The van der Waals surface area contributed by atoms with Crippen LogP contribution in [-0.2, 0) is 6.54 Å². The molecule has 0 radical (unpaired) electrons. The van der Waals surface area contributed by atoms with Gasteiger partial charge in [0.2, 0.25) is 0 Å². The standard InChI is InChI=1S/C25H21FN4O/c1-17-2-4-18(5-3-17)16-28-25(31)20-8-12-22(13-9-20)29-23-14-15-27-24(30-23)19-6-10-21(26)11-7-19/h2-15H,16H2,1H3,(H,28,31)(H,27,29,30). The van der Waals surface area contributed by atoms with E-state index in [1.807, 2.05) is 43.3 Å². The van der Waals surface area contributed by atoms with Crippen molar-refractivity contribution in [2.24, 2.45) is 0 Å². The van der Waals surface area contributed by atoms with Crippen LogP contribution in [0.3, 0.4) is 0 Å². The number of benzene rings is 3. The monoisotopic (exact) mass is 412 g/mol. The summed E-state index contributed by atoms with van der Waals surface area (Å²) in [6.45, 7) is 2.51. The molecule has 4 rings (SSSR count). The molecule has 0 spiro atoms. The highest BCUT2D eigenvalue weighted by molar-refractivity contribution is 5.94. The number of anilines is 2. The van der Waals surface area contributed by atoms with Crippen molar-refractivity contribution in [2.75, 3.05) is 5.32 Å². The summed E-state index contributed by atoms with van der Waals surface area (Å²) in [6.07, 6.45) is 1.64. The third kappa shape index (κ3) is 5.30. The number of carbonyl (C=O) groups is 1. The molecule has 0 aliphatic carbocycles. The van der Waals surface area contributed by atoms with E-state index >= 15 is 0 Å². The van der Waals surface area contributed by atoms with E-state index in [9.17, 15) is 9.18 Å². The van der Waals surface area contributed by atoms with Crippen LogP contribution in [0.1, 0.15) is 21.5 Å². The number of aryl methyl sites for hydroxylation is 1. The summed E-state index contributed by atoms with van der Waals surface area (Å²) in [6, 6.07) is 23.0. The van der Waals surface area contributed by atoms with Crippen LogP contribution in [0.4, 0.5) is 15.9 Å². The van der Waals surface area contributed by atoms with Crippen LogP contribution in [0.25, 0.3) is 11.4 Å². The average Bonchev–Trinajstić information content (AvgIpc) is 2.80. The molecule has 0 atom stereocenters. The quantitative estimate of drug-likeness (QED) is 0.453. The fourth-order valence-corrected chi connectivity index (χ4v) is 3.01. The molecule has 0 unspecified atom stereocenters. The molecule has 154 valence electrons. The lowest BCUT2D eigenvalue weighted by molar-refractivity contribution is 0.0951. The predicted octanol–water partition coefficient (Wildman–Crippen LogP) is 5.26. The summed E-state index contributed by atoms with van der Waals surface area (Å²) < 4.78 is 13.1. The Morgan fingerprint density at radius 1 is 0.903 bits per heavy atom. The van der Waals surface area contributed by atoms with Crippen LogP contribution >= 0.6 is 0 Å². The topological polar surface area (TPSA) is 66.9 Å². The molecule has 3 aromatic carbocycles. The minimum atomic E-state index is -0.305. The zero-order valence-corrected chi connectivity index (χ0v) is 17.0. The summed E-state index contributed by atoms with van der Waals surface area (Å²) >= 11 is 0. The zero-order chi connectivity index (χ0) is 21.6. The van der Waals surface area contributed by atoms with Gasteiger partial charge in [-0.3, -0.25) is 4.79 Å². The maximum absolute atomic E-state index is 13.1. The molecule has 6 heteroatoms. The van der Waals surface area contributed by atoms with E-state index in [0.717, 1.165) is 16.8 Å². The first-order valence-electron chi connectivity index (χ1n) is 9.87. The lowest BCUT2D eigenvalue weighted by atomic mass is 10.1. The molecule has 0 saturated heterocycles. The number of rotatable bonds is 6. The molecule has 0 bridgehead atoms. The van der Waals surface area contributed by atoms with Crippen LogP contribution in [0.5, 0.6) is 0 Å². The molecule has 0 aliphatic rings. The van der Waals surface area contributed by atoms with E-state index in [-0.39, 0.29) is 11.7 Å². The Kier molecular flexibility index (Phi) is 5.98. The van der Waals surface area contributed by atoms with Gasteiger partial charge in [-0.1, -0.05) is 29.8 Å². The van der Waals surface area contributed by atoms with Crippen molar-refractivity contribution in [3.63, 3.8) is 0 Å². The number of halogens is 1. The lowest BCUT2D eigenvalue weighted by Crippen LogP contribution is -2.22. The SMILES string of the molecule is Cc1ccc(CNC(=O)c2ccc(Nc3ccnc(-c4ccc(F)cc4)n3)cc2)cc1. The Labute approximate surface area is 180 Å². The smallest absolute Gasteiger partial charge is 0.251 e. The van der Waals surface area contributed by atoms with Crippen LogP contribution in [0.2, 0.25) is 0 Å². The highest BCUT2D eigenvalue weighted by atomic mass is 19.1. The molecule has 5 nitrogen and oxygen atoms in total. The molecular formula is C25H21FN4O. The predicted molar refractivity (Wildman–Crippen MR) is 119 cm³/mol. The van der Waals surface area contributed by atoms with E-state index in [0.29, 0.717) is 23.8 Å². The zero-order valence-electron chi connectivity index (χ0n) is 17.0. The van der Waals surface area contributed by atoms with E-state index in [4.69, 9.17) is 0 Å². The van der Waals surface area contributed by atoms with Crippen molar-refractivity contribution >= 4 is 17.4 Å². The summed E-state index contributed by atoms with van der Waals surface area (Å²) in [5.74, 6) is 0.664. The molecule has 0 saturated carbocycles. The minimum absolute atomic E-state index is 0.132. The van der Waals surface area contributed by atoms with Crippen molar-refractivity contribution in [2.45, 2.75) is 13.5 Å². The molecule has 0 fully saturated rings. The molecule has 31 heavy (non-hydrogen) atoms.